The maximum absolute atomic E-state index is 11.9. The minimum absolute atomic E-state index is 0. The van der Waals surface area contributed by atoms with Crippen LogP contribution in [0.3, 0.4) is 0 Å². The highest BCUT2D eigenvalue weighted by molar-refractivity contribution is 5.85. The number of carbonyl (C=O) groups excluding carboxylic acids is 1. The van der Waals surface area contributed by atoms with E-state index in [4.69, 9.17) is 0 Å². The monoisotopic (exact) mass is 294 g/mol. The first-order chi connectivity index (χ1) is 7.77. The molecule has 1 fully saturated rings. The lowest BCUT2D eigenvalue weighted by Crippen LogP contribution is -2.38. The average Bonchev–Trinajstić information content (AvgIpc) is 2.96. The predicted molar refractivity (Wildman–Crippen MR) is 75.4 cm³/mol. The molecule has 1 saturated heterocycles. The predicted octanol–water partition coefficient (Wildman–Crippen LogP) is 0.937. The van der Waals surface area contributed by atoms with Gasteiger partial charge in [0.1, 0.15) is 0 Å². The lowest BCUT2D eigenvalue weighted by molar-refractivity contribution is -0.131. The summed E-state index contributed by atoms with van der Waals surface area (Å²) in [5, 5.41) is 7.34. The summed E-state index contributed by atoms with van der Waals surface area (Å²) in [6.07, 6.45) is 5.19. The molecule has 1 N–H and O–H groups in total. The van der Waals surface area contributed by atoms with E-state index in [0.717, 1.165) is 19.5 Å². The molecular weight excluding hydrogens is 275 g/mol. The van der Waals surface area contributed by atoms with Crippen molar-refractivity contribution in [3.63, 3.8) is 0 Å². The van der Waals surface area contributed by atoms with Crippen LogP contribution in [0.15, 0.2) is 18.5 Å². The van der Waals surface area contributed by atoms with Crippen molar-refractivity contribution in [3.8, 4) is 0 Å². The van der Waals surface area contributed by atoms with E-state index in [1.54, 1.807) is 10.9 Å². The second-order valence-corrected chi connectivity index (χ2v) is 4.17. The number of carbonyl (C=O) groups is 1. The van der Waals surface area contributed by atoms with Crippen molar-refractivity contribution in [2.45, 2.75) is 25.4 Å². The quantitative estimate of drug-likeness (QED) is 0.899. The van der Waals surface area contributed by atoms with Crippen molar-refractivity contribution in [2.75, 3.05) is 20.1 Å². The molecule has 2 rings (SSSR count). The number of aryl methyl sites for hydroxylation is 1. The summed E-state index contributed by atoms with van der Waals surface area (Å²) < 4.78 is 1.79. The number of likely N-dealkylation sites (N-methyl/N-ethyl adjacent to an activating group) is 1. The standard InChI is InChI=1S/C11H18N4O.2ClH/c1-14(10-3-6-12-9-10)11(16)4-8-15-7-2-5-13-15;;/h2,5,7,10,12H,3-4,6,8-9H2,1H3;2*1H. The number of aromatic nitrogens is 2. The fourth-order valence-corrected chi connectivity index (χ4v) is 1.99. The largest absolute Gasteiger partial charge is 0.341 e. The molecule has 7 heteroatoms. The Morgan fingerprint density at radius 2 is 2.33 bits per heavy atom. The van der Waals surface area contributed by atoms with Crippen molar-refractivity contribution in [1.29, 1.82) is 0 Å². The number of nitrogens with one attached hydrogen (secondary N) is 1. The van der Waals surface area contributed by atoms with Gasteiger partial charge in [-0.15, -0.1) is 24.8 Å². The molecule has 1 aromatic heterocycles. The molecule has 1 atom stereocenters. The van der Waals surface area contributed by atoms with Crippen molar-refractivity contribution in [3.05, 3.63) is 18.5 Å². The van der Waals surface area contributed by atoms with Gasteiger partial charge in [-0.2, -0.15) is 5.10 Å². The molecule has 1 aliphatic heterocycles. The number of rotatable bonds is 4. The molecule has 0 spiro atoms. The zero-order valence-electron chi connectivity index (χ0n) is 10.4. The van der Waals surface area contributed by atoms with Crippen molar-refractivity contribution >= 4 is 30.7 Å². The Morgan fingerprint density at radius 1 is 1.56 bits per heavy atom. The molecule has 5 nitrogen and oxygen atoms in total. The van der Waals surface area contributed by atoms with Gasteiger partial charge in [0.15, 0.2) is 0 Å². The Morgan fingerprint density at radius 3 is 2.89 bits per heavy atom. The van der Waals surface area contributed by atoms with Crippen molar-refractivity contribution in [2.24, 2.45) is 0 Å². The second kappa shape index (κ2) is 8.34. The Kier molecular flexibility index (Phi) is 7.98. The first-order valence-corrected chi connectivity index (χ1v) is 5.71. The first kappa shape index (κ1) is 17.2. The van der Waals surface area contributed by atoms with Gasteiger partial charge in [-0.1, -0.05) is 0 Å². The summed E-state index contributed by atoms with van der Waals surface area (Å²) in [7, 11) is 1.89. The van der Waals surface area contributed by atoms with Crippen LogP contribution >= 0.6 is 24.8 Å². The van der Waals surface area contributed by atoms with Gasteiger partial charge in [-0.05, 0) is 19.0 Å². The number of hydrogen-bond acceptors (Lipinski definition) is 3. The van der Waals surface area contributed by atoms with Crippen LogP contribution in [-0.4, -0.2) is 46.8 Å². The van der Waals surface area contributed by atoms with Crippen LogP contribution in [0, 0.1) is 0 Å². The Hall–Kier alpha value is -0.780. The number of hydrogen-bond donors (Lipinski definition) is 1. The van der Waals surface area contributed by atoms with E-state index in [9.17, 15) is 4.79 Å². The summed E-state index contributed by atoms with van der Waals surface area (Å²) in [6, 6.07) is 2.24. The highest BCUT2D eigenvalue weighted by Crippen LogP contribution is 2.07. The van der Waals surface area contributed by atoms with Gasteiger partial charge in [0.25, 0.3) is 0 Å². The van der Waals surface area contributed by atoms with E-state index in [0.29, 0.717) is 19.0 Å². The molecule has 1 unspecified atom stereocenters. The zero-order valence-corrected chi connectivity index (χ0v) is 12.0. The van der Waals surface area contributed by atoms with Crippen LogP contribution in [-0.2, 0) is 11.3 Å². The maximum Gasteiger partial charge on any atom is 0.224 e. The fourth-order valence-electron chi connectivity index (χ4n) is 1.99. The van der Waals surface area contributed by atoms with Crippen LogP contribution in [0.1, 0.15) is 12.8 Å². The summed E-state index contributed by atoms with van der Waals surface area (Å²) in [5.74, 6) is 0.198. The van der Waals surface area contributed by atoms with Gasteiger partial charge in [0, 0.05) is 45.0 Å². The topological polar surface area (TPSA) is 50.2 Å². The van der Waals surface area contributed by atoms with E-state index >= 15 is 0 Å². The Bertz CT molecular complexity index is 339. The fraction of sp³-hybridized carbons (Fsp3) is 0.636. The third-order valence-corrected chi connectivity index (χ3v) is 3.09. The highest BCUT2D eigenvalue weighted by Gasteiger charge is 2.22. The minimum atomic E-state index is 0. The molecular formula is C11H20Cl2N4O. The summed E-state index contributed by atoms with van der Waals surface area (Å²) in [4.78, 5) is 13.7. The number of halogens is 2. The number of amides is 1. The van der Waals surface area contributed by atoms with Crippen LogP contribution in [0.25, 0.3) is 0 Å². The smallest absolute Gasteiger partial charge is 0.224 e. The average molecular weight is 295 g/mol. The molecule has 2 heterocycles. The molecule has 104 valence electrons. The SMILES string of the molecule is CN(C(=O)CCn1cccn1)C1CCNC1.Cl.Cl. The maximum atomic E-state index is 11.9. The second-order valence-electron chi connectivity index (χ2n) is 4.17. The highest BCUT2D eigenvalue weighted by atomic mass is 35.5. The molecule has 1 aromatic rings. The minimum Gasteiger partial charge on any atom is -0.341 e. The molecule has 0 bridgehead atoms. The third kappa shape index (κ3) is 4.48. The van der Waals surface area contributed by atoms with Gasteiger partial charge < -0.3 is 10.2 Å². The molecule has 1 aliphatic rings. The van der Waals surface area contributed by atoms with E-state index in [2.05, 4.69) is 10.4 Å². The Balaban J connectivity index is 0.00000144. The van der Waals surface area contributed by atoms with E-state index in [1.165, 1.54) is 0 Å². The van der Waals surface area contributed by atoms with Gasteiger partial charge in [-0.25, -0.2) is 0 Å². The van der Waals surface area contributed by atoms with Crippen LogP contribution < -0.4 is 5.32 Å². The molecule has 0 saturated carbocycles. The van der Waals surface area contributed by atoms with Gasteiger partial charge in [-0.3, -0.25) is 9.48 Å². The number of nitrogens with zero attached hydrogens (tertiary/aromatic N) is 3. The third-order valence-electron chi connectivity index (χ3n) is 3.09. The summed E-state index contributed by atoms with van der Waals surface area (Å²) >= 11 is 0. The summed E-state index contributed by atoms with van der Waals surface area (Å²) in [6.45, 7) is 2.60. The van der Waals surface area contributed by atoms with Crippen LogP contribution in [0.5, 0.6) is 0 Å². The van der Waals surface area contributed by atoms with Crippen molar-refractivity contribution in [1.82, 2.24) is 20.0 Å². The summed E-state index contributed by atoms with van der Waals surface area (Å²) in [5.41, 5.74) is 0. The molecule has 1 amide bonds. The van der Waals surface area contributed by atoms with Gasteiger partial charge >= 0.3 is 0 Å². The molecule has 0 radical (unpaired) electrons. The van der Waals surface area contributed by atoms with E-state index in [1.807, 2.05) is 24.2 Å². The Labute approximate surface area is 120 Å². The van der Waals surface area contributed by atoms with E-state index < -0.39 is 0 Å². The normalized spacial score (nSPS) is 17.7. The van der Waals surface area contributed by atoms with E-state index in [-0.39, 0.29) is 30.7 Å². The molecule has 0 aliphatic carbocycles. The van der Waals surface area contributed by atoms with Gasteiger partial charge in [0.05, 0.1) is 0 Å². The van der Waals surface area contributed by atoms with Crippen LogP contribution in [0.2, 0.25) is 0 Å². The van der Waals surface area contributed by atoms with Gasteiger partial charge in [0.2, 0.25) is 5.91 Å². The van der Waals surface area contributed by atoms with Crippen LogP contribution in [0.4, 0.5) is 0 Å². The van der Waals surface area contributed by atoms with Crippen molar-refractivity contribution < 1.29 is 4.79 Å². The first-order valence-electron chi connectivity index (χ1n) is 5.71. The lowest BCUT2D eigenvalue weighted by Gasteiger charge is -2.23. The molecule has 18 heavy (non-hydrogen) atoms. The lowest BCUT2D eigenvalue weighted by atomic mass is 10.2. The zero-order chi connectivity index (χ0) is 11.4. The molecule has 0 aromatic carbocycles.